The van der Waals surface area contributed by atoms with Crippen LogP contribution in [0.1, 0.15) is 36.4 Å². The zero-order valence-electron chi connectivity index (χ0n) is 11.7. The molecule has 1 aromatic carbocycles. The van der Waals surface area contributed by atoms with Crippen molar-refractivity contribution in [1.29, 1.82) is 0 Å². The summed E-state index contributed by atoms with van der Waals surface area (Å²) in [4.78, 5) is 0. The molecule has 1 aliphatic rings. The summed E-state index contributed by atoms with van der Waals surface area (Å²) in [6.07, 6.45) is 5.31. The van der Waals surface area contributed by atoms with Gasteiger partial charge in [0.2, 0.25) is 0 Å². The van der Waals surface area contributed by atoms with Crippen LogP contribution in [0.5, 0.6) is 0 Å². The molecule has 20 heavy (non-hydrogen) atoms. The molecule has 0 bridgehead atoms. The maximum atomic E-state index is 13.3. The van der Waals surface area contributed by atoms with Crippen LogP contribution in [0.25, 0.3) is 0 Å². The lowest BCUT2D eigenvalue weighted by Crippen LogP contribution is -2.26. The molecule has 0 unspecified atom stereocenters. The number of aromatic nitrogens is 2. The molecule has 1 fully saturated rings. The molecular weight excluding hydrogens is 253 g/mol. The highest BCUT2D eigenvalue weighted by molar-refractivity contribution is 5.22. The minimum atomic E-state index is -0.132. The Balaban J connectivity index is 1.54. The molecule has 2 atom stereocenters. The minimum absolute atomic E-state index is 0.132. The molecule has 2 aromatic rings. The highest BCUT2D eigenvalue weighted by Crippen LogP contribution is 2.34. The molecule has 1 saturated carbocycles. The van der Waals surface area contributed by atoms with Gasteiger partial charge in [-0.15, -0.1) is 0 Å². The SMILES string of the molecule is Cn1ccc(CN[C@@H]2CC[C@H](c3cccc(F)c3)C2)n1. The first-order valence-corrected chi connectivity index (χ1v) is 7.18. The predicted octanol–water partition coefficient (Wildman–Crippen LogP) is 2.99. The number of benzene rings is 1. The van der Waals surface area contributed by atoms with Gasteiger partial charge in [0, 0.05) is 25.8 Å². The molecule has 106 valence electrons. The first-order chi connectivity index (χ1) is 9.70. The third-order valence-corrected chi connectivity index (χ3v) is 4.09. The quantitative estimate of drug-likeness (QED) is 0.928. The molecular formula is C16H20FN3. The van der Waals surface area contributed by atoms with E-state index in [0.717, 1.165) is 37.1 Å². The monoisotopic (exact) mass is 273 g/mol. The Morgan fingerprint density at radius 3 is 3.00 bits per heavy atom. The average Bonchev–Trinajstić information content (AvgIpc) is 3.05. The van der Waals surface area contributed by atoms with Crippen molar-refractivity contribution in [3.8, 4) is 0 Å². The molecule has 1 N–H and O–H groups in total. The van der Waals surface area contributed by atoms with E-state index in [1.165, 1.54) is 6.07 Å². The smallest absolute Gasteiger partial charge is 0.123 e. The molecule has 1 aromatic heterocycles. The summed E-state index contributed by atoms with van der Waals surface area (Å²) in [6.45, 7) is 0.807. The first kappa shape index (κ1) is 13.3. The Morgan fingerprint density at radius 1 is 1.35 bits per heavy atom. The van der Waals surface area contributed by atoms with Crippen molar-refractivity contribution in [3.63, 3.8) is 0 Å². The highest BCUT2D eigenvalue weighted by Gasteiger charge is 2.25. The van der Waals surface area contributed by atoms with E-state index in [1.807, 2.05) is 30.1 Å². The van der Waals surface area contributed by atoms with E-state index in [2.05, 4.69) is 10.4 Å². The Kier molecular flexibility index (Phi) is 3.83. The molecule has 3 nitrogen and oxygen atoms in total. The van der Waals surface area contributed by atoms with E-state index in [-0.39, 0.29) is 5.82 Å². The lowest BCUT2D eigenvalue weighted by Gasteiger charge is -2.13. The standard InChI is InChI=1S/C16H20FN3/c1-20-8-7-16(19-20)11-18-15-6-5-13(10-15)12-3-2-4-14(17)9-12/h2-4,7-9,13,15,18H,5-6,10-11H2,1H3/t13-,15+/m0/s1. The van der Waals surface area contributed by atoms with Crippen molar-refractivity contribution in [2.45, 2.75) is 37.8 Å². The van der Waals surface area contributed by atoms with Crippen molar-refractivity contribution >= 4 is 0 Å². The minimum Gasteiger partial charge on any atom is -0.308 e. The van der Waals surface area contributed by atoms with Gasteiger partial charge in [0.15, 0.2) is 0 Å². The summed E-state index contributed by atoms with van der Waals surface area (Å²) in [5.41, 5.74) is 2.20. The Bertz CT molecular complexity index is 579. The molecule has 0 aliphatic heterocycles. The predicted molar refractivity (Wildman–Crippen MR) is 76.8 cm³/mol. The van der Waals surface area contributed by atoms with E-state index in [9.17, 15) is 4.39 Å². The second-order valence-corrected chi connectivity index (χ2v) is 5.62. The fourth-order valence-electron chi connectivity index (χ4n) is 3.04. The molecule has 1 heterocycles. The fourth-order valence-corrected chi connectivity index (χ4v) is 3.04. The van der Waals surface area contributed by atoms with Crippen molar-refractivity contribution in [3.05, 3.63) is 53.6 Å². The number of halogens is 1. The molecule has 0 spiro atoms. The zero-order valence-corrected chi connectivity index (χ0v) is 11.7. The summed E-state index contributed by atoms with van der Waals surface area (Å²) in [6, 6.07) is 9.56. The van der Waals surface area contributed by atoms with Crippen LogP contribution in [0.4, 0.5) is 4.39 Å². The lowest BCUT2D eigenvalue weighted by molar-refractivity contribution is 0.509. The summed E-state index contributed by atoms with van der Waals surface area (Å²) in [5, 5.41) is 7.92. The normalized spacial score (nSPS) is 22.3. The van der Waals surface area contributed by atoms with Crippen LogP contribution in [0.3, 0.4) is 0 Å². The largest absolute Gasteiger partial charge is 0.308 e. The molecule has 3 rings (SSSR count). The van der Waals surface area contributed by atoms with Gasteiger partial charge in [-0.2, -0.15) is 5.10 Å². The van der Waals surface area contributed by atoms with E-state index in [4.69, 9.17) is 0 Å². The summed E-state index contributed by atoms with van der Waals surface area (Å²) in [5.74, 6) is 0.347. The number of nitrogens with zero attached hydrogens (tertiary/aromatic N) is 2. The van der Waals surface area contributed by atoms with Gasteiger partial charge in [0.05, 0.1) is 5.69 Å². The first-order valence-electron chi connectivity index (χ1n) is 7.18. The fraction of sp³-hybridized carbons (Fsp3) is 0.438. The van der Waals surface area contributed by atoms with Gasteiger partial charge in [-0.05, 0) is 48.9 Å². The van der Waals surface area contributed by atoms with Crippen LogP contribution in [0.2, 0.25) is 0 Å². The van der Waals surface area contributed by atoms with Gasteiger partial charge in [0.1, 0.15) is 5.82 Å². The molecule has 0 saturated heterocycles. The van der Waals surface area contributed by atoms with Gasteiger partial charge < -0.3 is 5.32 Å². The molecule has 4 heteroatoms. The van der Waals surface area contributed by atoms with Gasteiger partial charge in [0.25, 0.3) is 0 Å². The summed E-state index contributed by atoms with van der Waals surface area (Å²) in [7, 11) is 1.93. The number of hydrogen-bond donors (Lipinski definition) is 1. The molecule has 1 aliphatic carbocycles. The number of rotatable bonds is 4. The van der Waals surface area contributed by atoms with Gasteiger partial charge in [-0.3, -0.25) is 4.68 Å². The van der Waals surface area contributed by atoms with Crippen molar-refractivity contribution in [2.24, 2.45) is 7.05 Å². The Hall–Kier alpha value is -1.68. The van der Waals surface area contributed by atoms with Crippen LogP contribution < -0.4 is 5.32 Å². The van der Waals surface area contributed by atoms with Crippen LogP contribution in [-0.2, 0) is 13.6 Å². The van der Waals surface area contributed by atoms with Crippen LogP contribution >= 0.6 is 0 Å². The summed E-state index contributed by atoms with van der Waals surface area (Å²) >= 11 is 0. The third kappa shape index (κ3) is 3.07. The van der Waals surface area contributed by atoms with Gasteiger partial charge in [-0.25, -0.2) is 4.39 Å². The van der Waals surface area contributed by atoms with Gasteiger partial charge in [-0.1, -0.05) is 12.1 Å². The van der Waals surface area contributed by atoms with E-state index in [1.54, 1.807) is 12.1 Å². The van der Waals surface area contributed by atoms with Crippen molar-refractivity contribution < 1.29 is 4.39 Å². The topological polar surface area (TPSA) is 29.9 Å². The van der Waals surface area contributed by atoms with Gasteiger partial charge >= 0.3 is 0 Å². The lowest BCUT2D eigenvalue weighted by atomic mass is 9.97. The van der Waals surface area contributed by atoms with E-state index >= 15 is 0 Å². The molecule has 0 amide bonds. The van der Waals surface area contributed by atoms with Crippen LogP contribution in [0.15, 0.2) is 36.5 Å². The highest BCUT2D eigenvalue weighted by atomic mass is 19.1. The van der Waals surface area contributed by atoms with Crippen molar-refractivity contribution in [2.75, 3.05) is 0 Å². The third-order valence-electron chi connectivity index (χ3n) is 4.09. The van der Waals surface area contributed by atoms with Crippen LogP contribution in [-0.4, -0.2) is 15.8 Å². The molecule has 0 radical (unpaired) electrons. The average molecular weight is 273 g/mol. The maximum absolute atomic E-state index is 13.3. The van der Waals surface area contributed by atoms with E-state index in [0.29, 0.717) is 12.0 Å². The second kappa shape index (κ2) is 5.75. The maximum Gasteiger partial charge on any atom is 0.123 e. The van der Waals surface area contributed by atoms with Crippen molar-refractivity contribution in [1.82, 2.24) is 15.1 Å². The number of aryl methyl sites for hydroxylation is 1. The van der Waals surface area contributed by atoms with E-state index < -0.39 is 0 Å². The number of nitrogens with one attached hydrogen (secondary N) is 1. The Labute approximate surface area is 118 Å². The second-order valence-electron chi connectivity index (χ2n) is 5.62. The van der Waals surface area contributed by atoms with Crippen LogP contribution in [0, 0.1) is 5.82 Å². The summed E-state index contributed by atoms with van der Waals surface area (Å²) < 4.78 is 15.1. The zero-order chi connectivity index (χ0) is 13.9. The number of hydrogen-bond acceptors (Lipinski definition) is 2. The Morgan fingerprint density at radius 2 is 2.25 bits per heavy atom.